The van der Waals surface area contributed by atoms with Crippen LogP contribution in [0.25, 0.3) is 22.3 Å². The summed E-state index contributed by atoms with van der Waals surface area (Å²) in [7, 11) is 0. The van der Waals surface area contributed by atoms with E-state index >= 15 is 0 Å². The minimum absolute atomic E-state index is 0.0394. The van der Waals surface area contributed by atoms with Crippen LogP contribution in [0.5, 0.6) is 5.75 Å². The molecule has 26 heavy (non-hydrogen) atoms. The van der Waals surface area contributed by atoms with E-state index in [-0.39, 0.29) is 18.8 Å². The van der Waals surface area contributed by atoms with Gasteiger partial charge in [-0.05, 0) is 12.1 Å². The third-order valence-electron chi connectivity index (χ3n) is 3.94. The fraction of sp³-hybridized carbons (Fsp3) is 0.100. The average Bonchev–Trinajstić information content (AvgIpc) is 3.28. The number of oxazole rings is 1. The fourth-order valence-corrected chi connectivity index (χ4v) is 2.67. The Morgan fingerprint density at radius 1 is 1.15 bits per heavy atom. The van der Waals surface area contributed by atoms with Crippen molar-refractivity contribution in [1.29, 1.82) is 0 Å². The molecule has 2 aromatic heterocycles. The monoisotopic (exact) mass is 349 g/mol. The molecule has 0 spiro atoms. The molecular weight excluding hydrogens is 334 g/mol. The standard InChI is InChI=1S/C20H15NO5/c22-15-6-7-16-14(11-24-17(16)9-15)8-20(23)25-12-19-21-10-18(26-19)13-4-2-1-3-5-13/h1-7,9-11,22H,8,12H2. The summed E-state index contributed by atoms with van der Waals surface area (Å²) in [4.78, 5) is 16.2. The Morgan fingerprint density at radius 3 is 2.85 bits per heavy atom. The van der Waals surface area contributed by atoms with Gasteiger partial charge >= 0.3 is 5.97 Å². The number of hydrogen-bond donors (Lipinski definition) is 1. The number of carbonyl (C=O) groups excluding carboxylic acids is 1. The van der Waals surface area contributed by atoms with E-state index < -0.39 is 5.97 Å². The minimum atomic E-state index is -0.416. The Balaban J connectivity index is 1.39. The number of phenols is 1. The van der Waals surface area contributed by atoms with E-state index in [2.05, 4.69) is 4.98 Å². The van der Waals surface area contributed by atoms with E-state index in [1.165, 1.54) is 12.3 Å². The molecule has 130 valence electrons. The van der Waals surface area contributed by atoms with E-state index in [1.54, 1.807) is 18.3 Å². The van der Waals surface area contributed by atoms with Gasteiger partial charge in [0.2, 0.25) is 5.89 Å². The van der Waals surface area contributed by atoms with Gasteiger partial charge in [-0.1, -0.05) is 30.3 Å². The quantitative estimate of drug-likeness (QED) is 0.546. The molecule has 1 N–H and O–H groups in total. The molecule has 0 saturated carbocycles. The first-order valence-corrected chi connectivity index (χ1v) is 8.04. The SMILES string of the molecule is O=C(Cc1coc2cc(O)ccc12)OCc1ncc(-c2ccccc2)o1. The maximum absolute atomic E-state index is 12.1. The molecular formula is C20H15NO5. The van der Waals surface area contributed by atoms with Crippen molar-refractivity contribution in [1.82, 2.24) is 4.98 Å². The summed E-state index contributed by atoms with van der Waals surface area (Å²) < 4.78 is 16.2. The van der Waals surface area contributed by atoms with Gasteiger partial charge in [-0.25, -0.2) is 4.98 Å². The number of aromatic nitrogens is 1. The molecule has 0 aliphatic heterocycles. The van der Waals surface area contributed by atoms with Crippen LogP contribution in [-0.4, -0.2) is 16.1 Å². The van der Waals surface area contributed by atoms with Crippen LogP contribution in [0.1, 0.15) is 11.5 Å². The molecule has 0 aliphatic rings. The smallest absolute Gasteiger partial charge is 0.310 e. The van der Waals surface area contributed by atoms with Crippen LogP contribution in [0.3, 0.4) is 0 Å². The van der Waals surface area contributed by atoms with Crippen LogP contribution in [0.15, 0.2) is 69.8 Å². The van der Waals surface area contributed by atoms with E-state index in [9.17, 15) is 9.90 Å². The summed E-state index contributed by atoms with van der Waals surface area (Å²) in [5, 5.41) is 10.2. The number of phenolic OH excluding ortho intramolecular Hbond substituents is 1. The van der Waals surface area contributed by atoms with Gasteiger partial charge < -0.3 is 18.7 Å². The molecule has 0 aliphatic carbocycles. The average molecular weight is 349 g/mol. The summed E-state index contributed by atoms with van der Waals surface area (Å²) in [6.07, 6.45) is 3.16. The topological polar surface area (TPSA) is 85.7 Å². The molecule has 0 amide bonds. The number of rotatable bonds is 5. The van der Waals surface area contributed by atoms with Crippen molar-refractivity contribution >= 4 is 16.9 Å². The summed E-state index contributed by atoms with van der Waals surface area (Å²) in [5.41, 5.74) is 2.13. The largest absolute Gasteiger partial charge is 0.508 e. The van der Waals surface area contributed by atoms with Gasteiger partial charge in [0, 0.05) is 22.6 Å². The van der Waals surface area contributed by atoms with Crippen LogP contribution in [0.4, 0.5) is 0 Å². The Labute approximate surface area is 148 Å². The number of hydrogen-bond acceptors (Lipinski definition) is 6. The molecule has 2 aromatic carbocycles. The third-order valence-corrected chi connectivity index (χ3v) is 3.94. The molecule has 0 unspecified atom stereocenters. The lowest BCUT2D eigenvalue weighted by Crippen LogP contribution is -2.07. The highest BCUT2D eigenvalue weighted by Gasteiger charge is 2.13. The second-order valence-electron chi connectivity index (χ2n) is 5.76. The second kappa shape index (κ2) is 6.76. The van der Waals surface area contributed by atoms with Crippen molar-refractivity contribution in [2.75, 3.05) is 0 Å². The fourth-order valence-electron chi connectivity index (χ4n) is 2.67. The first-order chi connectivity index (χ1) is 12.7. The molecule has 6 nitrogen and oxygen atoms in total. The molecule has 0 bridgehead atoms. The van der Waals surface area contributed by atoms with Crippen molar-refractivity contribution in [3.05, 3.63) is 72.4 Å². The normalized spacial score (nSPS) is 10.9. The molecule has 0 atom stereocenters. The van der Waals surface area contributed by atoms with Crippen LogP contribution < -0.4 is 0 Å². The molecule has 4 aromatic rings. The second-order valence-corrected chi connectivity index (χ2v) is 5.76. The van der Waals surface area contributed by atoms with E-state index in [0.29, 0.717) is 22.8 Å². The van der Waals surface area contributed by atoms with Crippen LogP contribution in [0, 0.1) is 0 Å². The summed E-state index contributed by atoms with van der Waals surface area (Å²) in [5.74, 6) is 0.649. The molecule has 2 heterocycles. The molecule has 6 heteroatoms. The van der Waals surface area contributed by atoms with Gasteiger partial charge in [0.25, 0.3) is 0 Å². The highest BCUT2D eigenvalue weighted by Crippen LogP contribution is 2.25. The van der Waals surface area contributed by atoms with E-state index in [1.807, 2.05) is 30.3 Å². The Hall–Kier alpha value is -3.54. The minimum Gasteiger partial charge on any atom is -0.508 e. The van der Waals surface area contributed by atoms with Gasteiger partial charge in [0.05, 0.1) is 18.9 Å². The lowest BCUT2D eigenvalue weighted by atomic mass is 10.1. The third kappa shape index (κ3) is 3.30. The zero-order valence-electron chi connectivity index (χ0n) is 13.7. The first kappa shape index (κ1) is 16.0. The van der Waals surface area contributed by atoms with Crippen LogP contribution in [-0.2, 0) is 22.6 Å². The number of furan rings is 1. The Bertz CT molecular complexity index is 1050. The van der Waals surface area contributed by atoms with Crippen molar-refractivity contribution in [2.45, 2.75) is 13.0 Å². The Morgan fingerprint density at radius 2 is 2.00 bits per heavy atom. The molecule has 4 rings (SSSR count). The lowest BCUT2D eigenvalue weighted by molar-refractivity contribution is -0.144. The summed E-state index contributed by atoms with van der Waals surface area (Å²) in [6.45, 7) is -0.0394. The van der Waals surface area contributed by atoms with Gasteiger partial charge in [0.15, 0.2) is 12.4 Å². The summed E-state index contributed by atoms with van der Waals surface area (Å²) in [6, 6.07) is 14.3. The van der Waals surface area contributed by atoms with Crippen molar-refractivity contribution in [2.24, 2.45) is 0 Å². The number of fused-ring (bicyclic) bond motifs is 1. The summed E-state index contributed by atoms with van der Waals surface area (Å²) >= 11 is 0. The predicted molar refractivity (Wildman–Crippen MR) is 93.3 cm³/mol. The highest BCUT2D eigenvalue weighted by molar-refractivity contribution is 5.86. The van der Waals surface area contributed by atoms with Gasteiger partial charge in [-0.15, -0.1) is 0 Å². The number of benzene rings is 2. The molecule has 0 fully saturated rings. The van der Waals surface area contributed by atoms with Crippen molar-refractivity contribution in [3.63, 3.8) is 0 Å². The molecule has 0 saturated heterocycles. The van der Waals surface area contributed by atoms with Gasteiger partial charge in [-0.3, -0.25) is 4.79 Å². The number of carbonyl (C=O) groups is 1. The lowest BCUT2D eigenvalue weighted by Gasteiger charge is -2.01. The van der Waals surface area contributed by atoms with E-state index in [4.69, 9.17) is 13.6 Å². The zero-order chi connectivity index (χ0) is 17.9. The number of aromatic hydroxyl groups is 1. The maximum Gasteiger partial charge on any atom is 0.310 e. The van der Waals surface area contributed by atoms with Crippen LogP contribution >= 0.6 is 0 Å². The zero-order valence-corrected chi connectivity index (χ0v) is 13.7. The van der Waals surface area contributed by atoms with E-state index in [0.717, 1.165) is 10.9 Å². The first-order valence-electron chi connectivity index (χ1n) is 8.04. The van der Waals surface area contributed by atoms with Crippen LogP contribution in [0.2, 0.25) is 0 Å². The highest BCUT2D eigenvalue weighted by atomic mass is 16.5. The Kier molecular flexibility index (Phi) is 4.15. The number of ether oxygens (including phenoxy) is 1. The number of nitrogens with zero attached hydrogens (tertiary/aromatic N) is 1. The van der Waals surface area contributed by atoms with Gasteiger partial charge in [-0.2, -0.15) is 0 Å². The maximum atomic E-state index is 12.1. The molecule has 0 radical (unpaired) electrons. The predicted octanol–water partition coefficient (Wildman–Crippen LogP) is 4.08. The van der Waals surface area contributed by atoms with Crippen molar-refractivity contribution in [3.8, 4) is 17.1 Å². The van der Waals surface area contributed by atoms with Gasteiger partial charge in [0.1, 0.15) is 11.3 Å². The number of esters is 1. The van der Waals surface area contributed by atoms with Crippen molar-refractivity contribution < 1.29 is 23.5 Å².